The predicted octanol–water partition coefficient (Wildman–Crippen LogP) is 2.62. The summed E-state index contributed by atoms with van der Waals surface area (Å²) >= 11 is 1.19. The molecule has 2 aromatic heterocycles. The number of Topliss-reactive ketones (excluding diaryl/α,β-unsaturated/α-hetero) is 1. The number of carbonyl (C=O) groups excluding carboxylic acids is 2. The summed E-state index contributed by atoms with van der Waals surface area (Å²) in [5, 5.41) is 2.06. The van der Waals surface area contributed by atoms with Gasteiger partial charge in [-0.3, -0.25) is 19.0 Å². The van der Waals surface area contributed by atoms with E-state index in [2.05, 4.69) is 4.90 Å². The number of piperidine rings is 1. The van der Waals surface area contributed by atoms with Crippen molar-refractivity contribution in [1.82, 2.24) is 14.0 Å². The van der Waals surface area contributed by atoms with Crippen LogP contribution in [0.25, 0.3) is 10.2 Å². The number of ketones is 1. The molecule has 0 aliphatic carbocycles. The minimum Gasteiger partial charge on any atom is -0.302 e. The van der Waals surface area contributed by atoms with Gasteiger partial charge in [0.25, 0.3) is 5.56 Å². The van der Waals surface area contributed by atoms with E-state index in [-0.39, 0.29) is 29.6 Å². The molecular formula is C22H22FN3O4S. The third kappa shape index (κ3) is 4.15. The molecule has 4 rings (SSSR count). The van der Waals surface area contributed by atoms with Gasteiger partial charge in [0.2, 0.25) is 5.91 Å². The maximum atomic E-state index is 13.1. The monoisotopic (exact) mass is 443 g/mol. The van der Waals surface area contributed by atoms with Gasteiger partial charge < -0.3 is 4.90 Å². The van der Waals surface area contributed by atoms with Crippen LogP contribution in [0.4, 0.5) is 4.39 Å². The zero-order valence-electron chi connectivity index (χ0n) is 17.0. The van der Waals surface area contributed by atoms with Gasteiger partial charge in [-0.15, -0.1) is 11.3 Å². The maximum Gasteiger partial charge on any atom is 0.339 e. The molecule has 7 nitrogen and oxygen atoms in total. The molecule has 1 aromatic carbocycles. The molecule has 31 heavy (non-hydrogen) atoms. The highest BCUT2D eigenvalue weighted by atomic mass is 32.1. The van der Waals surface area contributed by atoms with E-state index in [0.29, 0.717) is 48.3 Å². The number of hydrogen-bond donors (Lipinski definition) is 0. The van der Waals surface area contributed by atoms with Gasteiger partial charge in [-0.1, -0.05) is 0 Å². The van der Waals surface area contributed by atoms with E-state index < -0.39 is 11.6 Å². The molecule has 162 valence electrons. The summed E-state index contributed by atoms with van der Waals surface area (Å²) in [7, 11) is 0. The van der Waals surface area contributed by atoms with Crippen molar-refractivity contribution in [2.45, 2.75) is 26.3 Å². The largest absolute Gasteiger partial charge is 0.339 e. The summed E-state index contributed by atoms with van der Waals surface area (Å²) in [6.45, 7) is 3.27. The van der Waals surface area contributed by atoms with Gasteiger partial charge in [0.1, 0.15) is 10.6 Å². The number of likely N-dealkylation sites (tertiary alicyclic amines) is 1. The Hall–Kier alpha value is -2.91. The summed E-state index contributed by atoms with van der Waals surface area (Å²) in [5.74, 6) is -0.901. The van der Waals surface area contributed by atoms with Gasteiger partial charge in [0.05, 0.1) is 5.39 Å². The van der Waals surface area contributed by atoms with Crippen LogP contribution in [0.1, 0.15) is 34.9 Å². The molecule has 0 N–H and O–H groups in total. The second-order valence-electron chi connectivity index (χ2n) is 7.72. The van der Waals surface area contributed by atoms with Crippen molar-refractivity contribution in [2.75, 3.05) is 19.6 Å². The molecular weight excluding hydrogens is 421 g/mol. The molecule has 0 radical (unpaired) electrons. The molecule has 3 heterocycles. The van der Waals surface area contributed by atoms with Crippen molar-refractivity contribution in [1.29, 1.82) is 0 Å². The highest BCUT2D eigenvalue weighted by molar-refractivity contribution is 7.16. The first-order chi connectivity index (χ1) is 14.9. The van der Waals surface area contributed by atoms with Gasteiger partial charge >= 0.3 is 5.69 Å². The summed E-state index contributed by atoms with van der Waals surface area (Å²) < 4.78 is 15.2. The summed E-state index contributed by atoms with van der Waals surface area (Å²) in [6.07, 6.45) is 1.32. The van der Waals surface area contributed by atoms with Gasteiger partial charge in [0.15, 0.2) is 5.78 Å². The second-order valence-corrected chi connectivity index (χ2v) is 8.61. The van der Waals surface area contributed by atoms with E-state index in [1.165, 1.54) is 42.5 Å². The highest BCUT2D eigenvalue weighted by Crippen LogP contribution is 2.22. The van der Waals surface area contributed by atoms with Gasteiger partial charge in [-0.05, 0) is 61.6 Å². The van der Waals surface area contributed by atoms with Crippen molar-refractivity contribution in [3.05, 3.63) is 67.9 Å². The Labute approximate surface area is 181 Å². The van der Waals surface area contributed by atoms with Crippen LogP contribution in [0.5, 0.6) is 0 Å². The Morgan fingerprint density at radius 3 is 2.39 bits per heavy atom. The van der Waals surface area contributed by atoms with E-state index in [1.54, 1.807) is 11.4 Å². The van der Waals surface area contributed by atoms with Gasteiger partial charge in [0, 0.05) is 31.5 Å². The van der Waals surface area contributed by atoms with Crippen LogP contribution in [0.2, 0.25) is 0 Å². The summed E-state index contributed by atoms with van der Waals surface area (Å²) in [6, 6.07) is 7.23. The molecule has 0 saturated carbocycles. The van der Waals surface area contributed by atoms with E-state index in [1.807, 2.05) is 0 Å². The normalized spacial score (nSPS) is 15.4. The predicted molar refractivity (Wildman–Crippen MR) is 117 cm³/mol. The van der Waals surface area contributed by atoms with Crippen LogP contribution in [0.3, 0.4) is 0 Å². The fourth-order valence-corrected chi connectivity index (χ4v) is 4.99. The van der Waals surface area contributed by atoms with Crippen molar-refractivity contribution >= 4 is 33.2 Å². The van der Waals surface area contributed by atoms with Crippen LogP contribution < -0.4 is 11.2 Å². The number of benzene rings is 1. The second kappa shape index (κ2) is 8.68. The van der Waals surface area contributed by atoms with Crippen molar-refractivity contribution in [2.24, 2.45) is 5.92 Å². The van der Waals surface area contributed by atoms with Crippen LogP contribution >= 0.6 is 11.3 Å². The third-order valence-electron chi connectivity index (χ3n) is 5.79. The topological polar surface area (TPSA) is 81.4 Å². The molecule has 0 spiro atoms. The molecule has 9 heteroatoms. The van der Waals surface area contributed by atoms with Crippen LogP contribution in [-0.2, 0) is 6.54 Å². The molecule has 1 aliphatic heterocycles. The van der Waals surface area contributed by atoms with Crippen LogP contribution in [0, 0.1) is 11.7 Å². The minimum absolute atomic E-state index is 0.0168. The number of aromatic nitrogens is 2. The maximum absolute atomic E-state index is 13.1. The Bertz CT molecular complexity index is 1250. The fraction of sp³-hybridized carbons (Fsp3) is 0.364. The van der Waals surface area contributed by atoms with Crippen molar-refractivity contribution < 1.29 is 14.0 Å². The number of thiophene rings is 1. The first-order valence-electron chi connectivity index (χ1n) is 10.1. The van der Waals surface area contributed by atoms with E-state index in [0.717, 1.165) is 9.13 Å². The Morgan fingerprint density at radius 1 is 1.06 bits per heavy atom. The number of nitrogens with zero attached hydrogens (tertiary/aromatic N) is 3. The lowest BCUT2D eigenvalue weighted by Crippen LogP contribution is -2.45. The molecule has 0 unspecified atom stereocenters. The summed E-state index contributed by atoms with van der Waals surface area (Å²) in [5.41, 5.74) is -0.491. The number of fused-ring (bicyclic) bond motifs is 1. The number of hydrogen-bond acceptors (Lipinski definition) is 6. The Morgan fingerprint density at radius 2 is 1.74 bits per heavy atom. The summed E-state index contributed by atoms with van der Waals surface area (Å²) in [4.78, 5) is 52.6. The van der Waals surface area contributed by atoms with Crippen molar-refractivity contribution in [3.63, 3.8) is 0 Å². The molecule has 0 atom stereocenters. The molecule has 0 bridgehead atoms. The molecule has 0 amide bonds. The minimum atomic E-state index is -0.617. The average molecular weight is 444 g/mol. The van der Waals surface area contributed by atoms with Crippen LogP contribution in [0.15, 0.2) is 45.3 Å². The van der Waals surface area contributed by atoms with E-state index in [4.69, 9.17) is 0 Å². The highest BCUT2D eigenvalue weighted by Gasteiger charge is 2.26. The standard InChI is InChI=1S/C22H22FN3O4S/c1-14(27)26-21-18(8-13-31-21)20(29)25(22(26)30)12-11-24-9-6-16(7-10-24)19(28)15-2-4-17(23)5-3-15/h2-5,8,13,16H,6-7,9-12H2,1H3. The molecule has 1 fully saturated rings. The zero-order valence-corrected chi connectivity index (χ0v) is 17.9. The smallest absolute Gasteiger partial charge is 0.302 e. The Balaban J connectivity index is 1.43. The average Bonchev–Trinajstić information content (AvgIpc) is 3.23. The first-order valence-corrected chi connectivity index (χ1v) is 11.0. The molecule has 1 saturated heterocycles. The van der Waals surface area contributed by atoms with E-state index in [9.17, 15) is 23.6 Å². The molecule has 3 aromatic rings. The lowest BCUT2D eigenvalue weighted by Gasteiger charge is -2.31. The van der Waals surface area contributed by atoms with Gasteiger partial charge in [-0.25, -0.2) is 13.8 Å². The zero-order chi connectivity index (χ0) is 22.1. The fourth-order valence-electron chi connectivity index (χ4n) is 4.06. The Kier molecular flexibility index (Phi) is 5.97. The quantitative estimate of drug-likeness (QED) is 0.567. The third-order valence-corrected chi connectivity index (χ3v) is 6.69. The number of carbonyl (C=O) groups is 2. The van der Waals surface area contributed by atoms with Gasteiger partial charge in [-0.2, -0.15) is 0 Å². The lowest BCUT2D eigenvalue weighted by molar-refractivity contribution is 0.0837. The van der Waals surface area contributed by atoms with E-state index >= 15 is 0 Å². The lowest BCUT2D eigenvalue weighted by atomic mass is 9.89. The van der Waals surface area contributed by atoms with Crippen molar-refractivity contribution in [3.8, 4) is 0 Å². The number of rotatable bonds is 5. The van der Waals surface area contributed by atoms with Crippen LogP contribution in [-0.4, -0.2) is 45.4 Å². The molecule has 1 aliphatic rings. The number of halogens is 1. The SMILES string of the molecule is CC(=O)n1c(=O)n(CCN2CCC(C(=O)c3ccc(F)cc3)CC2)c(=O)c2ccsc21. The first kappa shape index (κ1) is 21.3.